The van der Waals surface area contributed by atoms with Crippen molar-refractivity contribution in [3.8, 4) is 5.75 Å². The Labute approximate surface area is 115 Å². The molecule has 2 heteroatoms. The predicted molar refractivity (Wildman–Crippen MR) is 80.9 cm³/mol. The van der Waals surface area contributed by atoms with Crippen LogP contribution in [0.25, 0.3) is 0 Å². The molecule has 19 heavy (non-hydrogen) atoms. The Morgan fingerprint density at radius 3 is 2.47 bits per heavy atom. The highest BCUT2D eigenvalue weighted by atomic mass is 16.5. The second-order valence-electron chi connectivity index (χ2n) is 4.94. The van der Waals surface area contributed by atoms with Crippen molar-refractivity contribution in [1.29, 1.82) is 0 Å². The molecule has 0 heterocycles. The van der Waals surface area contributed by atoms with Gasteiger partial charge in [0.15, 0.2) is 0 Å². The summed E-state index contributed by atoms with van der Waals surface area (Å²) in [5.74, 6) is 0.966. The monoisotopic (exact) mass is 255 g/mol. The first-order valence-corrected chi connectivity index (χ1v) is 6.68. The Morgan fingerprint density at radius 1 is 1.05 bits per heavy atom. The second-order valence-corrected chi connectivity index (χ2v) is 4.94. The van der Waals surface area contributed by atoms with Gasteiger partial charge in [0, 0.05) is 5.69 Å². The first-order valence-electron chi connectivity index (χ1n) is 6.68. The molecule has 0 spiro atoms. The van der Waals surface area contributed by atoms with E-state index in [9.17, 15) is 0 Å². The molecule has 100 valence electrons. The molecule has 0 bridgehead atoms. The van der Waals surface area contributed by atoms with Crippen molar-refractivity contribution in [2.24, 2.45) is 0 Å². The molecular formula is C17H21NO. The molecule has 0 aromatic heterocycles. The molecule has 0 saturated carbocycles. The van der Waals surface area contributed by atoms with Crippen LogP contribution < -0.4 is 10.1 Å². The van der Waals surface area contributed by atoms with E-state index in [-0.39, 0.29) is 6.10 Å². The fourth-order valence-corrected chi connectivity index (χ4v) is 2.01. The number of rotatable bonds is 5. The second kappa shape index (κ2) is 6.28. The van der Waals surface area contributed by atoms with Crippen LogP contribution >= 0.6 is 0 Å². The Bertz CT molecular complexity index is 522. The summed E-state index contributed by atoms with van der Waals surface area (Å²) in [5, 5.41) is 3.37. The van der Waals surface area contributed by atoms with Crippen LogP contribution in [0, 0.1) is 13.8 Å². The average molecular weight is 255 g/mol. The van der Waals surface area contributed by atoms with Gasteiger partial charge in [-0.1, -0.05) is 35.9 Å². The highest BCUT2D eigenvalue weighted by Gasteiger charge is 2.06. The smallest absolute Gasteiger partial charge is 0.122 e. The van der Waals surface area contributed by atoms with Crippen molar-refractivity contribution < 1.29 is 4.74 Å². The minimum absolute atomic E-state index is 0.126. The lowest BCUT2D eigenvalue weighted by molar-refractivity contribution is 0.233. The quantitative estimate of drug-likeness (QED) is 0.865. The maximum atomic E-state index is 5.96. The van der Waals surface area contributed by atoms with Crippen molar-refractivity contribution in [1.82, 2.24) is 0 Å². The average Bonchev–Trinajstić information content (AvgIpc) is 2.41. The molecule has 0 amide bonds. The lowest BCUT2D eigenvalue weighted by Crippen LogP contribution is -2.23. The molecule has 0 aliphatic heterocycles. The van der Waals surface area contributed by atoms with Gasteiger partial charge in [0.25, 0.3) is 0 Å². The van der Waals surface area contributed by atoms with Crippen molar-refractivity contribution in [3.05, 3.63) is 59.7 Å². The maximum Gasteiger partial charge on any atom is 0.122 e. The van der Waals surface area contributed by atoms with Gasteiger partial charge in [-0.3, -0.25) is 0 Å². The summed E-state index contributed by atoms with van der Waals surface area (Å²) in [7, 11) is 0. The molecule has 2 rings (SSSR count). The summed E-state index contributed by atoms with van der Waals surface area (Å²) >= 11 is 0. The molecular weight excluding hydrogens is 234 g/mol. The van der Waals surface area contributed by atoms with Crippen LogP contribution in [0.15, 0.2) is 48.5 Å². The first kappa shape index (κ1) is 13.5. The Hall–Kier alpha value is -1.96. The van der Waals surface area contributed by atoms with Crippen molar-refractivity contribution in [2.75, 3.05) is 11.9 Å². The van der Waals surface area contributed by atoms with Crippen LogP contribution in [0.1, 0.15) is 18.1 Å². The van der Waals surface area contributed by atoms with Gasteiger partial charge in [-0.2, -0.15) is 0 Å². The number of aryl methyl sites for hydroxylation is 2. The lowest BCUT2D eigenvalue weighted by Gasteiger charge is -2.18. The van der Waals surface area contributed by atoms with Crippen LogP contribution in [-0.4, -0.2) is 12.6 Å². The summed E-state index contributed by atoms with van der Waals surface area (Å²) in [5.41, 5.74) is 3.57. The van der Waals surface area contributed by atoms with Gasteiger partial charge in [0.1, 0.15) is 11.9 Å². The molecule has 0 fully saturated rings. The highest BCUT2D eigenvalue weighted by molar-refractivity contribution is 5.42. The predicted octanol–water partition coefficient (Wildman–Crippen LogP) is 4.18. The number of anilines is 1. The third-order valence-electron chi connectivity index (χ3n) is 3.03. The summed E-state index contributed by atoms with van der Waals surface area (Å²) in [6.07, 6.45) is 0.126. The lowest BCUT2D eigenvalue weighted by atomic mass is 10.1. The van der Waals surface area contributed by atoms with E-state index in [0.717, 1.165) is 18.0 Å². The summed E-state index contributed by atoms with van der Waals surface area (Å²) in [6.45, 7) is 7.05. The van der Waals surface area contributed by atoms with Crippen LogP contribution in [0.3, 0.4) is 0 Å². The van der Waals surface area contributed by atoms with Crippen LogP contribution in [0.4, 0.5) is 5.69 Å². The van der Waals surface area contributed by atoms with Gasteiger partial charge in [-0.25, -0.2) is 0 Å². The normalized spacial score (nSPS) is 11.9. The van der Waals surface area contributed by atoms with Crippen molar-refractivity contribution in [2.45, 2.75) is 26.9 Å². The van der Waals surface area contributed by atoms with E-state index in [1.54, 1.807) is 0 Å². The molecule has 1 unspecified atom stereocenters. The molecule has 0 aliphatic rings. The zero-order valence-electron chi connectivity index (χ0n) is 11.8. The largest absolute Gasteiger partial charge is 0.489 e. The van der Waals surface area contributed by atoms with Gasteiger partial charge in [0.2, 0.25) is 0 Å². The Balaban J connectivity index is 1.89. The third kappa shape index (κ3) is 4.02. The minimum Gasteiger partial charge on any atom is -0.489 e. The molecule has 2 aromatic rings. The van der Waals surface area contributed by atoms with E-state index in [1.165, 1.54) is 11.1 Å². The fourth-order valence-electron chi connectivity index (χ4n) is 2.01. The standard InChI is InChI=1S/C17H21NO/c1-13-9-10-17(14(2)11-13)19-15(3)12-18-16-7-5-4-6-8-16/h4-11,15,18H,12H2,1-3H3. The Kier molecular flexibility index (Phi) is 4.45. The zero-order chi connectivity index (χ0) is 13.7. The summed E-state index contributed by atoms with van der Waals surface area (Å²) in [4.78, 5) is 0. The van der Waals surface area contributed by atoms with E-state index >= 15 is 0 Å². The van der Waals surface area contributed by atoms with Crippen LogP contribution in [-0.2, 0) is 0 Å². The number of para-hydroxylation sites is 1. The Morgan fingerprint density at radius 2 is 1.79 bits per heavy atom. The molecule has 1 N–H and O–H groups in total. The molecule has 0 saturated heterocycles. The van der Waals surface area contributed by atoms with E-state index in [0.29, 0.717) is 0 Å². The highest BCUT2D eigenvalue weighted by Crippen LogP contribution is 2.20. The van der Waals surface area contributed by atoms with Crippen molar-refractivity contribution >= 4 is 5.69 Å². The molecule has 0 aliphatic carbocycles. The van der Waals surface area contributed by atoms with Gasteiger partial charge in [0.05, 0.1) is 6.54 Å². The van der Waals surface area contributed by atoms with E-state index in [1.807, 2.05) is 24.3 Å². The van der Waals surface area contributed by atoms with E-state index in [2.05, 4.69) is 50.4 Å². The first-order chi connectivity index (χ1) is 9.15. The van der Waals surface area contributed by atoms with Crippen molar-refractivity contribution in [3.63, 3.8) is 0 Å². The molecule has 0 radical (unpaired) electrons. The number of benzene rings is 2. The van der Waals surface area contributed by atoms with Gasteiger partial charge >= 0.3 is 0 Å². The topological polar surface area (TPSA) is 21.3 Å². The SMILES string of the molecule is Cc1ccc(OC(C)CNc2ccccc2)c(C)c1. The summed E-state index contributed by atoms with van der Waals surface area (Å²) < 4.78 is 5.96. The van der Waals surface area contributed by atoms with Gasteiger partial charge < -0.3 is 10.1 Å². The summed E-state index contributed by atoms with van der Waals surface area (Å²) in [6, 6.07) is 16.5. The fraction of sp³-hybridized carbons (Fsp3) is 0.294. The van der Waals surface area contributed by atoms with E-state index in [4.69, 9.17) is 4.74 Å². The van der Waals surface area contributed by atoms with Gasteiger partial charge in [-0.15, -0.1) is 0 Å². The molecule has 1 atom stereocenters. The van der Waals surface area contributed by atoms with Crippen LogP contribution in [0.5, 0.6) is 5.75 Å². The van der Waals surface area contributed by atoms with Gasteiger partial charge in [-0.05, 0) is 44.5 Å². The third-order valence-corrected chi connectivity index (χ3v) is 3.03. The molecule has 2 nitrogen and oxygen atoms in total. The zero-order valence-corrected chi connectivity index (χ0v) is 11.8. The molecule has 2 aromatic carbocycles. The number of ether oxygens (including phenoxy) is 1. The van der Waals surface area contributed by atoms with Crippen LogP contribution in [0.2, 0.25) is 0 Å². The van der Waals surface area contributed by atoms with E-state index < -0.39 is 0 Å². The number of nitrogens with one attached hydrogen (secondary N) is 1. The number of hydrogen-bond donors (Lipinski definition) is 1. The maximum absolute atomic E-state index is 5.96. The minimum atomic E-state index is 0.126. The number of hydrogen-bond acceptors (Lipinski definition) is 2.